The summed E-state index contributed by atoms with van der Waals surface area (Å²) in [6, 6.07) is 6.14. The second kappa shape index (κ2) is 4.90. The highest BCUT2D eigenvalue weighted by Crippen LogP contribution is 2.16. The molecular weight excluding hydrogens is 194 g/mol. The highest BCUT2D eigenvalue weighted by Gasteiger charge is 2.05. The van der Waals surface area contributed by atoms with E-state index in [0.717, 1.165) is 11.1 Å². The molecule has 1 aromatic carbocycles. The van der Waals surface area contributed by atoms with E-state index in [9.17, 15) is 10.1 Å². The van der Waals surface area contributed by atoms with E-state index in [1.54, 1.807) is 25.4 Å². The number of hydrogen-bond donors (Lipinski definition) is 1. The number of non-ortho nitro benzene ring substituents is 1. The molecule has 0 aliphatic carbocycles. The van der Waals surface area contributed by atoms with Crippen molar-refractivity contribution in [2.45, 2.75) is 0 Å². The van der Waals surface area contributed by atoms with Crippen LogP contribution in [0.5, 0.6) is 0 Å². The fraction of sp³-hybridized carbons (Fsp3) is 0.100. The third-order valence-electron chi connectivity index (χ3n) is 1.86. The Hall–Kier alpha value is -2.17. The van der Waals surface area contributed by atoms with Gasteiger partial charge in [0, 0.05) is 37.2 Å². The van der Waals surface area contributed by atoms with E-state index in [0.29, 0.717) is 0 Å². The quantitative estimate of drug-likeness (QED) is 0.462. The number of benzene rings is 1. The minimum Gasteiger partial charge on any atom is -0.404 e. The number of hydrogen-bond acceptors (Lipinski definition) is 4. The van der Waals surface area contributed by atoms with Crippen molar-refractivity contribution < 1.29 is 4.92 Å². The van der Waals surface area contributed by atoms with Crippen molar-refractivity contribution in [3.05, 3.63) is 46.1 Å². The van der Waals surface area contributed by atoms with Gasteiger partial charge < -0.3 is 5.73 Å². The summed E-state index contributed by atoms with van der Waals surface area (Å²) in [4.78, 5) is 13.8. The van der Waals surface area contributed by atoms with E-state index < -0.39 is 4.92 Å². The van der Waals surface area contributed by atoms with Crippen molar-refractivity contribution in [2.24, 2.45) is 10.7 Å². The summed E-state index contributed by atoms with van der Waals surface area (Å²) >= 11 is 0. The summed E-state index contributed by atoms with van der Waals surface area (Å²) in [6.07, 6.45) is 3.01. The molecule has 0 amide bonds. The Balaban J connectivity index is 3.02. The molecule has 0 aromatic heterocycles. The molecule has 0 heterocycles. The van der Waals surface area contributed by atoms with Crippen LogP contribution in [0.4, 0.5) is 5.69 Å². The minimum absolute atomic E-state index is 0.0589. The fourth-order valence-corrected chi connectivity index (χ4v) is 1.13. The summed E-state index contributed by atoms with van der Waals surface area (Å²) in [7, 11) is 1.63. The predicted molar refractivity (Wildman–Crippen MR) is 59.7 cm³/mol. The minimum atomic E-state index is -0.441. The van der Waals surface area contributed by atoms with Gasteiger partial charge in [0.1, 0.15) is 0 Å². The zero-order chi connectivity index (χ0) is 11.3. The number of allylic oxidation sites excluding steroid dienone is 1. The van der Waals surface area contributed by atoms with Crippen LogP contribution in [0.1, 0.15) is 5.56 Å². The predicted octanol–water partition coefficient (Wildman–Crippen LogP) is 1.59. The highest BCUT2D eigenvalue weighted by molar-refractivity contribution is 6.09. The third kappa shape index (κ3) is 2.63. The van der Waals surface area contributed by atoms with Gasteiger partial charge in [0.15, 0.2) is 0 Å². The van der Waals surface area contributed by atoms with E-state index in [1.807, 2.05) is 0 Å². The first-order valence-electron chi connectivity index (χ1n) is 4.28. The normalized spacial score (nSPS) is 11.9. The van der Waals surface area contributed by atoms with Gasteiger partial charge in [-0.2, -0.15) is 0 Å². The van der Waals surface area contributed by atoms with Crippen molar-refractivity contribution in [2.75, 3.05) is 7.05 Å². The summed E-state index contributed by atoms with van der Waals surface area (Å²) < 4.78 is 0. The molecule has 0 radical (unpaired) electrons. The highest BCUT2D eigenvalue weighted by atomic mass is 16.6. The smallest absolute Gasteiger partial charge is 0.269 e. The number of nitrogens with two attached hydrogens (primary N) is 1. The van der Waals surface area contributed by atoms with Crippen LogP contribution in [0.15, 0.2) is 35.5 Å². The van der Waals surface area contributed by atoms with E-state index in [1.165, 1.54) is 18.3 Å². The summed E-state index contributed by atoms with van der Waals surface area (Å²) in [5.74, 6) is 0. The largest absolute Gasteiger partial charge is 0.404 e. The second-order valence-corrected chi connectivity index (χ2v) is 2.81. The van der Waals surface area contributed by atoms with Crippen LogP contribution in [0.25, 0.3) is 5.57 Å². The van der Waals surface area contributed by atoms with Gasteiger partial charge in [-0.25, -0.2) is 0 Å². The molecule has 2 N–H and O–H groups in total. The summed E-state index contributed by atoms with van der Waals surface area (Å²) in [5, 5.41) is 10.4. The Bertz CT molecular complexity index is 407. The summed E-state index contributed by atoms with van der Waals surface area (Å²) in [6.45, 7) is 0. The van der Waals surface area contributed by atoms with Crippen LogP contribution in [-0.4, -0.2) is 18.2 Å². The molecule has 78 valence electrons. The average Bonchev–Trinajstić information content (AvgIpc) is 2.26. The fourth-order valence-electron chi connectivity index (χ4n) is 1.13. The second-order valence-electron chi connectivity index (χ2n) is 2.81. The summed E-state index contributed by atoms with van der Waals surface area (Å²) in [5.41, 5.74) is 6.99. The molecule has 0 aliphatic rings. The topological polar surface area (TPSA) is 81.5 Å². The van der Waals surface area contributed by atoms with Gasteiger partial charge in [0.05, 0.1) is 4.92 Å². The van der Waals surface area contributed by atoms with E-state index in [2.05, 4.69) is 4.99 Å². The third-order valence-corrected chi connectivity index (χ3v) is 1.86. The first kappa shape index (κ1) is 10.9. The number of nitro benzene ring substituents is 1. The molecule has 0 spiro atoms. The Morgan fingerprint density at radius 2 is 2.07 bits per heavy atom. The van der Waals surface area contributed by atoms with Crippen LogP contribution in [-0.2, 0) is 0 Å². The Labute approximate surface area is 87.1 Å². The van der Waals surface area contributed by atoms with Crippen LogP contribution in [0.2, 0.25) is 0 Å². The zero-order valence-electron chi connectivity index (χ0n) is 8.25. The molecule has 5 nitrogen and oxygen atoms in total. The molecule has 0 saturated heterocycles. The number of aliphatic imine (C=N–C) groups is 1. The molecule has 0 bridgehead atoms. The number of nitro groups is 1. The van der Waals surface area contributed by atoms with Crippen molar-refractivity contribution in [1.82, 2.24) is 0 Å². The molecule has 5 heteroatoms. The maximum atomic E-state index is 10.4. The van der Waals surface area contributed by atoms with E-state index in [-0.39, 0.29) is 5.69 Å². The van der Waals surface area contributed by atoms with E-state index >= 15 is 0 Å². The number of nitrogens with zero attached hydrogens (tertiary/aromatic N) is 2. The first-order valence-corrected chi connectivity index (χ1v) is 4.28. The van der Waals surface area contributed by atoms with Gasteiger partial charge in [0.2, 0.25) is 0 Å². The maximum Gasteiger partial charge on any atom is 0.269 e. The molecule has 0 aliphatic heterocycles. The van der Waals surface area contributed by atoms with Gasteiger partial charge in [0.25, 0.3) is 5.69 Å². The molecule has 0 unspecified atom stereocenters. The lowest BCUT2D eigenvalue weighted by Crippen LogP contribution is -1.92. The van der Waals surface area contributed by atoms with Crippen molar-refractivity contribution in [3.63, 3.8) is 0 Å². The molecular formula is C10H11N3O2. The van der Waals surface area contributed by atoms with Crippen LogP contribution >= 0.6 is 0 Å². The van der Waals surface area contributed by atoms with Crippen LogP contribution in [0.3, 0.4) is 0 Å². The average molecular weight is 205 g/mol. The Morgan fingerprint density at radius 3 is 2.47 bits per heavy atom. The monoisotopic (exact) mass is 205 g/mol. The van der Waals surface area contributed by atoms with Gasteiger partial charge in [-0.15, -0.1) is 0 Å². The molecule has 1 aromatic rings. The SMILES string of the molecule is CN=C/C(=C\N)c1ccc([N+](=O)[O-])cc1. The Kier molecular flexibility index (Phi) is 3.56. The van der Waals surface area contributed by atoms with Crippen molar-refractivity contribution in [3.8, 4) is 0 Å². The molecule has 1 rings (SSSR count). The van der Waals surface area contributed by atoms with Crippen LogP contribution in [0, 0.1) is 10.1 Å². The zero-order valence-corrected chi connectivity index (χ0v) is 8.25. The standard InChI is InChI=1S/C10H11N3O2/c1-12-7-9(6-11)8-2-4-10(5-3-8)13(14)15/h2-7H,11H2,1H3/b9-6+,12-7?. The molecule has 0 saturated carbocycles. The molecule has 0 fully saturated rings. The number of rotatable bonds is 3. The lowest BCUT2D eigenvalue weighted by Gasteiger charge is -1.99. The molecule has 15 heavy (non-hydrogen) atoms. The van der Waals surface area contributed by atoms with Crippen molar-refractivity contribution in [1.29, 1.82) is 0 Å². The van der Waals surface area contributed by atoms with Crippen LogP contribution < -0.4 is 5.73 Å². The van der Waals surface area contributed by atoms with Gasteiger partial charge in [-0.05, 0) is 17.7 Å². The van der Waals surface area contributed by atoms with Gasteiger partial charge >= 0.3 is 0 Å². The maximum absolute atomic E-state index is 10.4. The van der Waals surface area contributed by atoms with E-state index in [4.69, 9.17) is 5.73 Å². The Morgan fingerprint density at radius 1 is 1.47 bits per heavy atom. The van der Waals surface area contributed by atoms with Gasteiger partial charge in [-0.3, -0.25) is 15.1 Å². The lowest BCUT2D eigenvalue weighted by atomic mass is 10.1. The first-order chi connectivity index (χ1) is 7.19. The van der Waals surface area contributed by atoms with Gasteiger partial charge in [-0.1, -0.05) is 0 Å². The molecule has 0 atom stereocenters. The van der Waals surface area contributed by atoms with Crippen molar-refractivity contribution >= 4 is 17.5 Å². The lowest BCUT2D eigenvalue weighted by molar-refractivity contribution is -0.384.